The number of nitro groups is 1. The van der Waals surface area contributed by atoms with Crippen LogP contribution in [0.1, 0.15) is 101 Å². The van der Waals surface area contributed by atoms with Crippen LogP contribution in [0.4, 0.5) is 22.1 Å². The van der Waals surface area contributed by atoms with Crippen LogP contribution in [-0.2, 0) is 30.9 Å². The SMILES string of the molecule is CCn1nc(C)cc1C(=O)Nc1nc2cc(C(N)=O)cc(OC)c2n1C/C=C/CNc1c(OCCCN2CCC(c3nnc4n3CCN(C(=O)OC(C)(C)C)C4)CC2)cc(C(N)=O)cc1[N+](=O)[O-]. The lowest BCUT2D eigenvalue weighted by atomic mass is 9.95. The summed E-state index contributed by atoms with van der Waals surface area (Å²) in [5.41, 5.74) is 12.2. The summed E-state index contributed by atoms with van der Waals surface area (Å²) in [7, 11) is 1.44. The first-order valence-corrected chi connectivity index (χ1v) is 22.4. The van der Waals surface area contributed by atoms with Crippen LogP contribution in [0.25, 0.3) is 11.0 Å². The van der Waals surface area contributed by atoms with Crippen molar-refractivity contribution in [3.05, 3.63) is 86.8 Å². The summed E-state index contributed by atoms with van der Waals surface area (Å²) in [4.78, 5) is 70.9. The number of nitrogens with zero attached hydrogens (tertiary/aromatic N) is 10. The van der Waals surface area contributed by atoms with Crippen LogP contribution in [0, 0.1) is 17.0 Å². The lowest BCUT2D eigenvalue weighted by Gasteiger charge is -2.33. The molecule has 7 rings (SSSR count). The standard InChI is InChI=1S/C45H58N14O9/c1-7-58-33(21-27(2)53-58)42(62)50-43-49-31-22-29(39(46)60)25-35(66-6)38(31)57(43)15-9-8-13-48-37-32(59(64)65)23-30(40(47)61)24-34(37)67-20-10-14-54-16-11-28(12-17-54)41-52-51-36-26-55(18-19-56(36)41)44(63)68-45(3,4)5/h8-9,21-25,28,48H,7,10-20,26H2,1-6H3,(H2,46,60)(H2,47,61)(H,49,50,62)/b9-8+. The average Bonchev–Trinajstić information content (AvgIpc) is 4.01. The van der Waals surface area contributed by atoms with Gasteiger partial charge in [-0.3, -0.25) is 39.4 Å². The molecule has 6 N–H and O–H groups in total. The van der Waals surface area contributed by atoms with Crippen molar-refractivity contribution in [3.8, 4) is 11.5 Å². The summed E-state index contributed by atoms with van der Waals surface area (Å²) in [6, 6.07) is 7.17. The topological polar surface area (TPSA) is 288 Å². The Balaban J connectivity index is 0.988. The average molecular weight is 939 g/mol. The number of primary amides is 2. The third-order valence-electron chi connectivity index (χ3n) is 11.6. The molecule has 23 nitrogen and oxygen atoms in total. The molecule has 68 heavy (non-hydrogen) atoms. The molecule has 0 spiro atoms. The van der Waals surface area contributed by atoms with Crippen LogP contribution in [0.5, 0.6) is 11.5 Å². The summed E-state index contributed by atoms with van der Waals surface area (Å²) in [6.45, 7) is 13.9. The lowest BCUT2D eigenvalue weighted by molar-refractivity contribution is -0.384. The Morgan fingerprint density at radius 3 is 2.37 bits per heavy atom. The van der Waals surface area contributed by atoms with Crippen molar-refractivity contribution in [1.29, 1.82) is 0 Å². The van der Waals surface area contributed by atoms with E-state index in [0.717, 1.165) is 43.6 Å². The molecular weight excluding hydrogens is 881 g/mol. The van der Waals surface area contributed by atoms with E-state index in [-0.39, 0.29) is 65.9 Å². The highest BCUT2D eigenvalue weighted by Gasteiger charge is 2.32. The molecule has 3 aromatic heterocycles. The van der Waals surface area contributed by atoms with E-state index in [0.29, 0.717) is 67.3 Å². The number of methoxy groups -OCH3 is 1. The second-order valence-corrected chi connectivity index (χ2v) is 17.6. The van der Waals surface area contributed by atoms with Crippen LogP contribution >= 0.6 is 0 Å². The number of nitrogens with one attached hydrogen (secondary N) is 2. The predicted octanol–water partition coefficient (Wildman–Crippen LogP) is 4.59. The van der Waals surface area contributed by atoms with E-state index in [1.165, 1.54) is 25.3 Å². The molecule has 4 amide bonds. The number of hydrogen-bond acceptors (Lipinski definition) is 15. The number of nitro benzene ring substituents is 1. The monoisotopic (exact) mass is 938 g/mol. The number of rotatable bonds is 18. The highest BCUT2D eigenvalue weighted by Crippen LogP contribution is 2.37. The normalized spacial score (nSPS) is 14.5. The van der Waals surface area contributed by atoms with Gasteiger partial charge in [0.1, 0.15) is 34.1 Å². The van der Waals surface area contributed by atoms with Crippen LogP contribution in [0.2, 0.25) is 0 Å². The Bertz CT molecular complexity index is 2740. The Kier molecular flexibility index (Phi) is 14.6. The number of fused-ring (bicyclic) bond motifs is 2. The second-order valence-electron chi connectivity index (χ2n) is 17.6. The maximum atomic E-state index is 13.5. The van der Waals surface area contributed by atoms with Crippen molar-refractivity contribution in [2.45, 2.75) is 91.6 Å². The van der Waals surface area contributed by atoms with Crippen molar-refractivity contribution in [3.63, 3.8) is 0 Å². The fraction of sp³-hybridized carbons (Fsp3) is 0.467. The first-order valence-electron chi connectivity index (χ1n) is 22.4. The molecule has 5 aromatic rings. The number of likely N-dealkylation sites (tertiary alicyclic amines) is 1. The van der Waals surface area contributed by atoms with E-state index >= 15 is 0 Å². The number of carbonyl (C=O) groups is 4. The van der Waals surface area contributed by atoms with Gasteiger partial charge < -0.3 is 45.0 Å². The molecule has 0 bridgehead atoms. The zero-order valence-corrected chi connectivity index (χ0v) is 39.1. The van der Waals surface area contributed by atoms with Gasteiger partial charge in [0.2, 0.25) is 17.8 Å². The Morgan fingerprint density at radius 2 is 1.69 bits per heavy atom. The number of ether oxygens (including phenoxy) is 3. The maximum absolute atomic E-state index is 13.5. The maximum Gasteiger partial charge on any atom is 0.410 e. The van der Waals surface area contributed by atoms with E-state index in [4.69, 9.17) is 25.7 Å². The third kappa shape index (κ3) is 11.0. The molecule has 2 aliphatic heterocycles. The minimum atomic E-state index is -0.843. The van der Waals surface area contributed by atoms with Crippen LogP contribution < -0.4 is 31.6 Å². The number of nitrogens with two attached hydrogens (primary N) is 2. The smallest absolute Gasteiger partial charge is 0.410 e. The number of piperidine rings is 1. The summed E-state index contributed by atoms with van der Waals surface area (Å²) < 4.78 is 22.7. The van der Waals surface area contributed by atoms with E-state index in [1.54, 1.807) is 39.3 Å². The lowest BCUT2D eigenvalue weighted by Crippen LogP contribution is -2.42. The molecule has 5 heterocycles. The highest BCUT2D eigenvalue weighted by molar-refractivity contribution is 6.04. The Labute approximate surface area is 391 Å². The molecule has 0 aliphatic carbocycles. The number of hydrogen-bond donors (Lipinski definition) is 4. The molecule has 2 aliphatic rings. The second kappa shape index (κ2) is 20.5. The number of aryl methyl sites for hydroxylation is 2. The van der Waals surface area contributed by atoms with Crippen molar-refractivity contribution in [2.24, 2.45) is 11.5 Å². The van der Waals surface area contributed by atoms with Gasteiger partial charge in [0.15, 0.2) is 11.5 Å². The van der Waals surface area contributed by atoms with E-state index in [1.807, 2.05) is 27.7 Å². The van der Waals surface area contributed by atoms with E-state index in [9.17, 15) is 29.3 Å². The van der Waals surface area contributed by atoms with Crippen LogP contribution in [0.3, 0.4) is 0 Å². The number of anilines is 2. The quantitative estimate of drug-likeness (QED) is 0.0405. The first kappa shape index (κ1) is 48.4. The molecule has 362 valence electrons. The van der Waals surface area contributed by atoms with Gasteiger partial charge in [-0.1, -0.05) is 12.2 Å². The van der Waals surface area contributed by atoms with Gasteiger partial charge in [-0.25, -0.2) is 9.78 Å². The van der Waals surface area contributed by atoms with Gasteiger partial charge in [-0.2, -0.15) is 5.10 Å². The highest BCUT2D eigenvalue weighted by atomic mass is 16.6. The number of imidazole rings is 1. The van der Waals surface area contributed by atoms with Crippen molar-refractivity contribution >= 4 is 52.2 Å². The Hall–Kier alpha value is -7.56. The summed E-state index contributed by atoms with van der Waals surface area (Å²) >= 11 is 0. The van der Waals surface area contributed by atoms with Gasteiger partial charge in [0.25, 0.3) is 11.6 Å². The van der Waals surface area contributed by atoms with Crippen LogP contribution in [0.15, 0.2) is 42.5 Å². The largest absolute Gasteiger partial charge is 0.494 e. The van der Waals surface area contributed by atoms with Gasteiger partial charge in [-0.05, 0) is 91.2 Å². The van der Waals surface area contributed by atoms with Gasteiger partial charge in [-0.15, -0.1) is 10.2 Å². The fourth-order valence-corrected chi connectivity index (χ4v) is 8.39. The zero-order chi connectivity index (χ0) is 48.9. The third-order valence-corrected chi connectivity index (χ3v) is 11.6. The van der Waals surface area contributed by atoms with Gasteiger partial charge in [0.05, 0.1) is 36.4 Å². The minimum absolute atomic E-state index is 0.0702. The van der Waals surface area contributed by atoms with Crippen LogP contribution in [-0.4, -0.2) is 125 Å². The Morgan fingerprint density at radius 1 is 0.971 bits per heavy atom. The molecular formula is C45H58N14O9. The molecule has 1 saturated heterocycles. The molecule has 0 unspecified atom stereocenters. The number of benzene rings is 2. The molecule has 0 atom stereocenters. The number of aromatic nitrogens is 7. The number of carbonyl (C=O) groups excluding carboxylic acids is 4. The van der Waals surface area contributed by atoms with Crippen molar-refractivity contribution < 1.29 is 38.3 Å². The van der Waals surface area contributed by atoms with Gasteiger partial charge in [0, 0.05) is 62.4 Å². The summed E-state index contributed by atoms with van der Waals surface area (Å²) in [5.74, 6) is 0.485. The molecule has 1 fully saturated rings. The number of allylic oxidation sites excluding steroid dienone is 1. The molecule has 2 aromatic carbocycles. The van der Waals surface area contributed by atoms with Crippen molar-refractivity contribution in [1.82, 2.24) is 43.9 Å². The zero-order valence-electron chi connectivity index (χ0n) is 39.1. The minimum Gasteiger partial charge on any atom is -0.494 e. The fourth-order valence-electron chi connectivity index (χ4n) is 8.39. The van der Waals surface area contributed by atoms with E-state index < -0.39 is 28.2 Å². The summed E-state index contributed by atoms with van der Waals surface area (Å²) in [5, 5.41) is 31.6. The van der Waals surface area contributed by atoms with E-state index in [2.05, 4.69) is 40.4 Å². The first-order chi connectivity index (χ1) is 32.4. The molecule has 0 radical (unpaired) electrons. The predicted molar refractivity (Wildman–Crippen MR) is 250 cm³/mol. The summed E-state index contributed by atoms with van der Waals surface area (Å²) in [6.07, 6.45) is 5.49. The number of amides is 4. The molecule has 23 heteroatoms. The van der Waals surface area contributed by atoms with Crippen molar-refractivity contribution in [2.75, 3.05) is 57.1 Å². The molecule has 0 saturated carbocycles. The van der Waals surface area contributed by atoms with Gasteiger partial charge >= 0.3 is 6.09 Å².